The van der Waals surface area contributed by atoms with Crippen LogP contribution in [0.25, 0.3) is 0 Å². The van der Waals surface area contributed by atoms with Crippen molar-refractivity contribution >= 4 is 5.97 Å². The number of ether oxygens (including phenoxy) is 3. The second-order valence-electron chi connectivity index (χ2n) is 8.96. The van der Waals surface area contributed by atoms with Crippen LogP contribution in [0.5, 0.6) is 11.5 Å². The van der Waals surface area contributed by atoms with Crippen LogP contribution >= 0.6 is 0 Å². The molecule has 0 radical (unpaired) electrons. The Hall–Kier alpha value is -1.75. The third kappa shape index (κ3) is 2.81. The number of carbonyl (C=O) groups excluding carboxylic acids is 1. The molecule has 0 amide bonds. The summed E-state index contributed by atoms with van der Waals surface area (Å²) in [6, 6.07) is 4.21. The number of rotatable bonds is 5. The van der Waals surface area contributed by atoms with Crippen molar-refractivity contribution in [2.24, 2.45) is 11.8 Å². The highest BCUT2D eigenvalue weighted by Crippen LogP contribution is 2.61. The molecule has 1 spiro atoms. The molecule has 1 saturated carbocycles. The summed E-state index contributed by atoms with van der Waals surface area (Å²) < 4.78 is 18.2. The highest BCUT2D eigenvalue weighted by Gasteiger charge is 2.62. The Morgan fingerprint density at radius 1 is 1.43 bits per heavy atom. The van der Waals surface area contributed by atoms with Gasteiger partial charge in [0.2, 0.25) is 0 Å². The SMILES string of the molecule is CCCC(C)C(=O)O[C@@H]1C[C@@H]2Oc3c(OC)ccc4c3[C@]2(CCN(C)C4)C1C. The van der Waals surface area contributed by atoms with Gasteiger partial charge in [-0.25, -0.2) is 0 Å². The first-order valence-corrected chi connectivity index (χ1v) is 10.7. The Morgan fingerprint density at radius 3 is 2.93 bits per heavy atom. The Morgan fingerprint density at radius 2 is 2.21 bits per heavy atom. The molecule has 5 atom stereocenters. The maximum atomic E-state index is 12.6. The van der Waals surface area contributed by atoms with Crippen molar-refractivity contribution in [3.05, 3.63) is 23.3 Å². The van der Waals surface area contributed by atoms with E-state index in [1.165, 1.54) is 11.1 Å². The largest absolute Gasteiger partial charge is 0.493 e. The summed E-state index contributed by atoms with van der Waals surface area (Å²) in [5.74, 6) is 1.84. The second-order valence-corrected chi connectivity index (χ2v) is 8.96. The zero-order valence-corrected chi connectivity index (χ0v) is 17.8. The minimum absolute atomic E-state index is 0.0401. The third-order valence-electron chi connectivity index (χ3n) is 7.28. The van der Waals surface area contributed by atoms with Gasteiger partial charge in [0.25, 0.3) is 0 Å². The summed E-state index contributed by atoms with van der Waals surface area (Å²) in [7, 11) is 3.88. The first kappa shape index (κ1) is 19.6. The molecule has 1 aromatic carbocycles. The topological polar surface area (TPSA) is 48.0 Å². The van der Waals surface area contributed by atoms with Crippen LogP contribution in [0.3, 0.4) is 0 Å². The van der Waals surface area contributed by atoms with Crippen LogP contribution in [-0.2, 0) is 21.5 Å². The van der Waals surface area contributed by atoms with Crippen LogP contribution in [0.15, 0.2) is 12.1 Å². The molecular weight excluding hydrogens is 354 g/mol. The van der Waals surface area contributed by atoms with Crippen LogP contribution in [0.1, 0.15) is 57.6 Å². The first-order chi connectivity index (χ1) is 13.4. The van der Waals surface area contributed by atoms with Gasteiger partial charge in [-0.1, -0.05) is 33.3 Å². The highest BCUT2D eigenvalue weighted by atomic mass is 16.6. The lowest BCUT2D eigenvalue weighted by Gasteiger charge is -2.34. The van der Waals surface area contributed by atoms with Crippen molar-refractivity contribution in [1.82, 2.24) is 4.90 Å². The predicted molar refractivity (Wildman–Crippen MR) is 108 cm³/mol. The van der Waals surface area contributed by atoms with E-state index in [0.29, 0.717) is 0 Å². The fraction of sp³-hybridized carbons (Fsp3) is 0.696. The molecule has 3 aliphatic rings. The van der Waals surface area contributed by atoms with Gasteiger partial charge >= 0.3 is 5.97 Å². The van der Waals surface area contributed by atoms with E-state index >= 15 is 0 Å². The van der Waals surface area contributed by atoms with E-state index < -0.39 is 0 Å². The van der Waals surface area contributed by atoms with Crippen LogP contribution in [0.4, 0.5) is 0 Å². The van der Waals surface area contributed by atoms with E-state index in [-0.39, 0.29) is 35.4 Å². The van der Waals surface area contributed by atoms with Crippen molar-refractivity contribution in [3.8, 4) is 11.5 Å². The number of hydrogen-bond donors (Lipinski definition) is 0. The van der Waals surface area contributed by atoms with Crippen molar-refractivity contribution < 1.29 is 19.0 Å². The summed E-state index contributed by atoms with van der Waals surface area (Å²) in [5, 5.41) is 0. The smallest absolute Gasteiger partial charge is 0.308 e. The van der Waals surface area contributed by atoms with E-state index in [2.05, 4.69) is 31.9 Å². The Labute approximate surface area is 168 Å². The van der Waals surface area contributed by atoms with E-state index in [1.54, 1.807) is 7.11 Å². The fourth-order valence-corrected chi connectivity index (χ4v) is 5.68. The van der Waals surface area contributed by atoms with Gasteiger partial charge in [-0.05, 0) is 38.1 Å². The number of benzene rings is 1. The van der Waals surface area contributed by atoms with Gasteiger partial charge in [0.05, 0.1) is 13.0 Å². The van der Waals surface area contributed by atoms with Crippen molar-refractivity contribution in [1.29, 1.82) is 0 Å². The molecular formula is C23H33NO4. The highest BCUT2D eigenvalue weighted by molar-refractivity contribution is 5.72. The van der Waals surface area contributed by atoms with Gasteiger partial charge in [0, 0.05) is 29.9 Å². The van der Waals surface area contributed by atoms with Crippen LogP contribution in [0.2, 0.25) is 0 Å². The molecule has 1 fully saturated rings. The van der Waals surface area contributed by atoms with E-state index in [9.17, 15) is 4.79 Å². The number of carbonyl (C=O) groups is 1. The third-order valence-corrected chi connectivity index (χ3v) is 7.28. The molecule has 28 heavy (non-hydrogen) atoms. The molecule has 0 bridgehead atoms. The minimum Gasteiger partial charge on any atom is -0.493 e. The quantitative estimate of drug-likeness (QED) is 0.717. The number of methoxy groups -OCH3 is 1. The van der Waals surface area contributed by atoms with Gasteiger partial charge in [0.15, 0.2) is 11.5 Å². The Kier molecular flexibility index (Phi) is 5.07. The summed E-state index contributed by atoms with van der Waals surface area (Å²) in [6.45, 7) is 8.24. The lowest BCUT2D eigenvalue weighted by atomic mass is 9.69. The number of nitrogens with zero attached hydrogens (tertiary/aromatic N) is 1. The fourth-order valence-electron chi connectivity index (χ4n) is 5.68. The molecule has 0 aromatic heterocycles. The van der Waals surface area contributed by atoms with Crippen LogP contribution in [0, 0.1) is 11.8 Å². The van der Waals surface area contributed by atoms with Gasteiger partial charge in [-0.3, -0.25) is 4.79 Å². The summed E-state index contributed by atoms with van der Waals surface area (Å²) >= 11 is 0. The van der Waals surface area contributed by atoms with Gasteiger partial charge in [-0.15, -0.1) is 0 Å². The number of hydrogen-bond acceptors (Lipinski definition) is 5. The predicted octanol–water partition coefficient (Wildman–Crippen LogP) is 3.92. The lowest BCUT2D eigenvalue weighted by molar-refractivity contribution is -0.155. The standard InChI is InChI=1S/C23H33NO4/c1-6-7-14(2)22(25)27-18-12-19-23(15(18)3)10-11-24(4)13-16-8-9-17(26-5)21(28-19)20(16)23/h8-9,14-15,18-19H,6-7,10-13H2,1-5H3/t14?,15?,18-,19+,23-/m1/s1. The average molecular weight is 388 g/mol. The maximum Gasteiger partial charge on any atom is 0.308 e. The molecule has 0 saturated heterocycles. The molecule has 154 valence electrons. The van der Waals surface area contributed by atoms with Gasteiger partial charge in [-0.2, -0.15) is 0 Å². The minimum atomic E-state index is -0.108. The van der Waals surface area contributed by atoms with Crippen molar-refractivity contribution in [2.75, 3.05) is 20.7 Å². The molecule has 1 aromatic rings. The molecule has 2 heterocycles. The molecule has 1 aliphatic carbocycles. The van der Waals surface area contributed by atoms with Gasteiger partial charge < -0.3 is 19.1 Å². The molecule has 2 aliphatic heterocycles. The molecule has 2 unspecified atom stereocenters. The second kappa shape index (κ2) is 7.25. The Balaban J connectivity index is 1.70. The summed E-state index contributed by atoms with van der Waals surface area (Å²) in [6.07, 6.45) is 3.59. The Bertz CT molecular complexity index is 763. The van der Waals surface area contributed by atoms with Gasteiger partial charge in [0.1, 0.15) is 12.2 Å². The van der Waals surface area contributed by atoms with E-state index in [4.69, 9.17) is 14.2 Å². The molecule has 0 N–H and O–H groups in total. The van der Waals surface area contributed by atoms with Crippen molar-refractivity contribution in [3.63, 3.8) is 0 Å². The monoisotopic (exact) mass is 387 g/mol. The van der Waals surface area contributed by atoms with E-state index in [1.807, 2.05) is 13.0 Å². The molecule has 5 nitrogen and oxygen atoms in total. The molecule has 5 heteroatoms. The van der Waals surface area contributed by atoms with Crippen molar-refractivity contribution in [2.45, 2.75) is 70.6 Å². The normalized spacial score (nSPS) is 32.1. The summed E-state index contributed by atoms with van der Waals surface area (Å²) in [5.41, 5.74) is 2.51. The summed E-state index contributed by atoms with van der Waals surface area (Å²) in [4.78, 5) is 15.0. The zero-order valence-electron chi connectivity index (χ0n) is 17.8. The van der Waals surface area contributed by atoms with Crippen LogP contribution < -0.4 is 9.47 Å². The zero-order chi connectivity index (χ0) is 20.1. The lowest BCUT2D eigenvalue weighted by Crippen LogP contribution is -2.40. The van der Waals surface area contributed by atoms with E-state index in [0.717, 1.165) is 50.3 Å². The average Bonchev–Trinajstić information content (AvgIpc) is 3.06. The first-order valence-electron chi connectivity index (χ1n) is 10.7. The molecule has 4 rings (SSSR count). The maximum absolute atomic E-state index is 12.6. The number of esters is 1. The van der Waals surface area contributed by atoms with Crippen LogP contribution in [-0.4, -0.2) is 43.8 Å².